The highest BCUT2D eigenvalue weighted by Crippen LogP contribution is 2.44. The molecule has 0 saturated heterocycles. The smallest absolute Gasteiger partial charge is 0.131 e. The highest BCUT2D eigenvalue weighted by Gasteiger charge is 2.31. The van der Waals surface area contributed by atoms with Crippen molar-refractivity contribution >= 4 is 0 Å². The fourth-order valence-corrected chi connectivity index (χ4v) is 8.23. The average molecular weight is 509 g/mol. The molecule has 210 valence electrons. The van der Waals surface area contributed by atoms with E-state index < -0.39 is 0 Å². The lowest BCUT2D eigenvalue weighted by atomic mass is 9.68. The van der Waals surface area contributed by atoms with E-state index in [0.717, 1.165) is 29.5 Å². The Morgan fingerprint density at radius 3 is 1.57 bits per heavy atom. The molecule has 3 fully saturated rings. The van der Waals surface area contributed by atoms with Crippen LogP contribution in [-0.2, 0) is 0 Å². The molecule has 4 rings (SSSR count). The van der Waals surface area contributed by atoms with Gasteiger partial charge in [0.1, 0.15) is 5.82 Å². The molecular weight excluding hydrogens is 448 g/mol. The van der Waals surface area contributed by atoms with E-state index in [-0.39, 0.29) is 0 Å². The molecule has 0 N–H and O–H groups in total. The Balaban J connectivity index is 1.10. The Kier molecular flexibility index (Phi) is 12.8. The maximum absolute atomic E-state index is 4.92. The summed E-state index contributed by atoms with van der Waals surface area (Å²) in [6.07, 6.45) is 37.4. The Bertz CT molecular complexity index is 703. The molecule has 1 heterocycles. The molecular formula is C35H60N2. The highest BCUT2D eigenvalue weighted by molar-refractivity contribution is 5.14. The van der Waals surface area contributed by atoms with Gasteiger partial charge in [-0.2, -0.15) is 0 Å². The molecule has 0 bridgehead atoms. The van der Waals surface area contributed by atoms with Crippen molar-refractivity contribution in [3.8, 4) is 0 Å². The number of rotatable bonds is 14. The molecule has 3 saturated carbocycles. The first-order valence-corrected chi connectivity index (χ1v) is 17.1. The van der Waals surface area contributed by atoms with Gasteiger partial charge in [0.2, 0.25) is 0 Å². The Morgan fingerprint density at radius 2 is 0.973 bits per heavy atom. The Labute approximate surface area is 230 Å². The zero-order valence-corrected chi connectivity index (χ0v) is 24.8. The van der Waals surface area contributed by atoms with Gasteiger partial charge in [0.05, 0.1) is 0 Å². The third-order valence-electron chi connectivity index (χ3n) is 10.9. The third kappa shape index (κ3) is 9.35. The monoisotopic (exact) mass is 508 g/mol. The maximum Gasteiger partial charge on any atom is 0.131 e. The van der Waals surface area contributed by atoms with Crippen LogP contribution in [0.5, 0.6) is 0 Å². The molecule has 2 nitrogen and oxygen atoms in total. The van der Waals surface area contributed by atoms with Crippen molar-refractivity contribution < 1.29 is 0 Å². The van der Waals surface area contributed by atoms with Crippen LogP contribution in [0.3, 0.4) is 0 Å². The summed E-state index contributed by atoms with van der Waals surface area (Å²) in [5.74, 6) is 6.50. The molecule has 1 aromatic heterocycles. The van der Waals surface area contributed by atoms with E-state index in [0.29, 0.717) is 11.8 Å². The lowest BCUT2D eigenvalue weighted by molar-refractivity contribution is 0.155. The largest absolute Gasteiger partial charge is 0.241 e. The molecule has 0 amide bonds. The van der Waals surface area contributed by atoms with Crippen molar-refractivity contribution in [3.63, 3.8) is 0 Å². The van der Waals surface area contributed by atoms with E-state index >= 15 is 0 Å². The molecule has 0 atom stereocenters. The van der Waals surface area contributed by atoms with Gasteiger partial charge in [-0.25, -0.2) is 9.97 Å². The minimum Gasteiger partial charge on any atom is -0.241 e. The van der Waals surface area contributed by atoms with Gasteiger partial charge in [0.25, 0.3) is 0 Å². The van der Waals surface area contributed by atoms with Crippen molar-refractivity contribution in [2.75, 3.05) is 0 Å². The average Bonchev–Trinajstić information content (AvgIpc) is 2.96. The lowest BCUT2D eigenvalue weighted by Gasteiger charge is -2.38. The first kappa shape index (κ1) is 29.1. The summed E-state index contributed by atoms with van der Waals surface area (Å²) in [5.41, 5.74) is 1.43. The van der Waals surface area contributed by atoms with Gasteiger partial charge in [-0.05, 0) is 99.4 Å². The summed E-state index contributed by atoms with van der Waals surface area (Å²) in [4.78, 5) is 9.84. The van der Waals surface area contributed by atoms with Gasteiger partial charge in [-0.1, -0.05) is 97.3 Å². The van der Waals surface area contributed by atoms with Gasteiger partial charge < -0.3 is 0 Å². The van der Waals surface area contributed by atoms with Crippen molar-refractivity contribution in [1.29, 1.82) is 0 Å². The Hall–Kier alpha value is -0.920. The summed E-state index contributed by atoms with van der Waals surface area (Å²) < 4.78 is 0. The van der Waals surface area contributed by atoms with Gasteiger partial charge in [0, 0.05) is 18.3 Å². The number of hydrogen-bond donors (Lipinski definition) is 0. The van der Waals surface area contributed by atoms with Crippen molar-refractivity contribution in [2.24, 2.45) is 23.7 Å². The van der Waals surface area contributed by atoms with Crippen molar-refractivity contribution in [2.45, 2.75) is 173 Å². The molecule has 0 aliphatic heterocycles. The Morgan fingerprint density at radius 1 is 0.514 bits per heavy atom. The van der Waals surface area contributed by atoms with Crippen LogP contribution in [0.2, 0.25) is 0 Å². The van der Waals surface area contributed by atoms with Gasteiger partial charge >= 0.3 is 0 Å². The third-order valence-corrected chi connectivity index (χ3v) is 10.9. The normalized spacial score (nSPS) is 30.9. The van der Waals surface area contributed by atoms with E-state index in [9.17, 15) is 0 Å². The van der Waals surface area contributed by atoms with Crippen LogP contribution in [0.25, 0.3) is 0 Å². The summed E-state index contributed by atoms with van der Waals surface area (Å²) in [6, 6.07) is 0. The predicted octanol–water partition coefficient (Wildman–Crippen LogP) is 11.2. The molecule has 2 heteroatoms. The van der Waals surface area contributed by atoms with E-state index in [1.807, 2.05) is 0 Å². The summed E-state index contributed by atoms with van der Waals surface area (Å²) in [5, 5.41) is 0. The first-order chi connectivity index (χ1) is 18.3. The topological polar surface area (TPSA) is 25.8 Å². The standard InChI is InChI=1S/C35H60N2/c1-3-5-7-8-9-10-11-13-29-14-18-30(19-15-29)31-22-24-32(25-23-31)34-26-36-35(37-27-34)33-20-16-28(17-21-33)12-6-4-2/h26-33H,3-25H2,1-2H3. The van der Waals surface area contributed by atoms with Gasteiger partial charge in [0.15, 0.2) is 0 Å². The van der Waals surface area contributed by atoms with Crippen molar-refractivity contribution in [1.82, 2.24) is 9.97 Å². The molecule has 0 spiro atoms. The van der Waals surface area contributed by atoms with Crippen LogP contribution in [0, 0.1) is 23.7 Å². The number of aromatic nitrogens is 2. The first-order valence-electron chi connectivity index (χ1n) is 17.1. The van der Waals surface area contributed by atoms with E-state index in [2.05, 4.69) is 26.2 Å². The molecule has 0 radical (unpaired) electrons. The minimum atomic E-state index is 0.614. The van der Waals surface area contributed by atoms with E-state index in [4.69, 9.17) is 9.97 Å². The summed E-state index contributed by atoms with van der Waals surface area (Å²) in [7, 11) is 0. The number of nitrogens with zero attached hydrogens (tertiary/aromatic N) is 2. The molecule has 3 aliphatic rings. The van der Waals surface area contributed by atoms with Crippen molar-refractivity contribution in [3.05, 3.63) is 23.8 Å². The fourth-order valence-electron chi connectivity index (χ4n) is 8.23. The molecule has 37 heavy (non-hydrogen) atoms. The molecule has 0 aromatic carbocycles. The molecule has 0 unspecified atom stereocenters. The van der Waals surface area contributed by atoms with E-state index in [1.165, 1.54) is 153 Å². The summed E-state index contributed by atoms with van der Waals surface area (Å²) in [6.45, 7) is 4.63. The zero-order chi connectivity index (χ0) is 25.7. The van der Waals surface area contributed by atoms with E-state index in [1.54, 1.807) is 0 Å². The maximum atomic E-state index is 4.92. The quantitative estimate of drug-likeness (QED) is 0.233. The number of unbranched alkanes of at least 4 members (excludes halogenated alkanes) is 7. The van der Waals surface area contributed by atoms with Crippen LogP contribution in [-0.4, -0.2) is 9.97 Å². The van der Waals surface area contributed by atoms with Crippen LogP contribution in [0.4, 0.5) is 0 Å². The van der Waals surface area contributed by atoms with Crippen LogP contribution < -0.4 is 0 Å². The minimum absolute atomic E-state index is 0.614. The second-order valence-electron chi connectivity index (χ2n) is 13.5. The predicted molar refractivity (Wildman–Crippen MR) is 159 cm³/mol. The zero-order valence-electron chi connectivity index (χ0n) is 24.8. The summed E-state index contributed by atoms with van der Waals surface area (Å²) >= 11 is 0. The van der Waals surface area contributed by atoms with Crippen LogP contribution in [0.1, 0.15) is 185 Å². The molecule has 1 aromatic rings. The van der Waals surface area contributed by atoms with Crippen LogP contribution >= 0.6 is 0 Å². The van der Waals surface area contributed by atoms with Gasteiger partial charge in [-0.15, -0.1) is 0 Å². The second kappa shape index (κ2) is 16.2. The second-order valence-corrected chi connectivity index (χ2v) is 13.5. The fraction of sp³-hybridized carbons (Fsp3) is 0.886. The molecule has 3 aliphatic carbocycles. The lowest BCUT2D eigenvalue weighted by Crippen LogP contribution is -2.25. The van der Waals surface area contributed by atoms with Crippen LogP contribution in [0.15, 0.2) is 12.4 Å². The van der Waals surface area contributed by atoms with Gasteiger partial charge in [-0.3, -0.25) is 0 Å². The highest BCUT2D eigenvalue weighted by atomic mass is 14.9. The SMILES string of the molecule is CCCCCCCCCC1CCC(C2CCC(c3cnc(C4CCC(CCCC)CC4)nc3)CC2)CC1. The number of hydrogen-bond acceptors (Lipinski definition) is 2.